The first-order valence-electron chi connectivity index (χ1n) is 9.43. The van der Waals surface area contributed by atoms with Gasteiger partial charge in [0.05, 0.1) is 11.0 Å². The van der Waals surface area contributed by atoms with Crippen LogP contribution in [0.1, 0.15) is 49.9 Å². The van der Waals surface area contributed by atoms with E-state index in [1.807, 2.05) is 0 Å². The van der Waals surface area contributed by atoms with Gasteiger partial charge in [0.1, 0.15) is 0 Å². The lowest BCUT2D eigenvalue weighted by molar-refractivity contribution is 0.618. The minimum atomic E-state index is -0.0183. The highest BCUT2D eigenvalue weighted by Gasteiger charge is 2.42. The van der Waals surface area contributed by atoms with E-state index in [2.05, 4.69) is 82.3 Å². The molecule has 0 atom stereocenters. The maximum Gasteiger partial charge on any atom is 0.0719 e. The monoisotopic (exact) mass is 335 g/mol. The number of aromatic nitrogens is 1. The summed E-state index contributed by atoms with van der Waals surface area (Å²) < 4.78 is 0. The molecule has 1 aromatic heterocycles. The Balaban J connectivity index is 2.05. The van der Waals surface area contributed by atoms with Gasteiger partial charge in [-0.3, -0.25) is 0 Å². The highest BCUT2D eigenvalue weighted by molar-refractivity contribution is 6.16. The van der Waals surface area contributed by atoms with E-state index in [1.54, 1.807) is 0 Å². The van der Waals surface area contributed by atoms with Crippen molar-refractivity contribution in [3.05, 3.63) is 76.9 Å². The third-order valence-electron chi connectivity index (χ3n) is 6.83. The van der Waals surface area contributed by atoms with Crippen molar-refractivity contribution in [2.45, 2.75) is 38.5 Å². The van der Waals surface area contributed by atoms with E-state index in [4.69, 9.17) is 4.98 Å². The van der Waals surface area contributed by atoms with Crippen LogP contribution >= 0.6 is 0 Å². The fourth-order valence-corrected chi connectivity index (χ4v) is 5.49. The summed E-state index contributed by atoms with van der Waals surface area (Å²) in [5, 5.41) is 2.71. The molecule has 0 aliphatic heterocycles. The molecule has 2 aliphatic rings. The van der Waals surface area contributed by atoms with Gasteiger partial charge in [-0.1, -0.05) is 70.2 Å². The van der Waals surface area contributed by atoms with Crippen LogP contribution in [-0.2, 0) is 10.8 Å². The van der Waals surface area contributed by atoms with E-state index in [0.717, 1.165) is 11.0 Å². The van der Waals surface area contributed by atoms with E-state index >= 15 is 0 Å². The molecule has 126 valence electrons. The van der Waals surface area contributed by atoms with Gasteiger partial charge in [-0.25, -0.2) is 4.98 Å². The standard InChI is InChI=1S/C25H21N/c1-24(2)14-8-5-9-15-20(14)23-21-16(24)10-6-12-18(21)26-19-13-7-11-17(22(19)23)25(15,3)4/h5-13H,1-4H3. The lowest BCUT2D eigenvalue weighted by Crippen LogP contribution is -2.30. The van der Waals surface area contributed by atoms with Crippen molar-refractivity contribution >= 4 is 21.8 Å². The molecule has 2 aliphatic carbocycles. The van der Waals surface area contributed by atoms with Crippen LogP contribution in [0.2, 0.25) is 0 Å². The first-order valence-corrected chi connectivity index (χ1v) is 9.43. The fourth-order valence-electron chi connectivity index (χ4n) is 5.49. The maximum atomic E-state index is 5.08. The van der Waals surface area contributed by atoms with Gasteiger partial charge in [0.25, 0.3) is 0 Å². The number of hydrogen-bond acceptors (Lipinski definition) is 1. The van der Waals surface area contributed by atoms with Gasteiger partial charge < -0.3 is 0 Å². The molecule has 1 heterocycles. The molecule has 0 N–H and O–H groups in total. The largest absolute Gasteiger partial charge is 0.248 e. The second kappa shape index (κ2) is 4.17. The predicted octanol–water partition coefficient (Wildman–Crippen LogP) is 6.33. The summed E-state index contributed by atoms with van der Waals surface area (Å²) in [6.45, 7) is 9.44. The lowest BCUT2D eigenvalue weighted by Gasteiger charge is -2.42. The van der Waals surface area contributed by atoms with Gasteiger partial charge in [-0.15, -0.1) is 0 Å². The Morgan fingerprint density at radius 1 is 0.538 bits per heavy atom. The zero-order valence-corrected chi connectivity index (χ0v) is 15.6. The van der Waals surface area contributed by atoms with Crippen molar-refractivity contribution in [2.24, 2.45) is 0 Å². The Labute approximate surface area is 153 Å². The van der Waals surface area contributed by atoms with E-state index < -0.39 is 0 Å². The van der Waals surface area contributed by atoms with Gasteiger partial charge in [0.15, 0.2) is 0 Å². The van der Waals surface area contributed by atoms with Gasteiger partial charge in [-0.05, 0) is 39.9 Å². The average Bonchev–Trinajstić information content (AvgIpc) is 2.63. The van der Waals surface area contributed by atoms with Crippen LogP contribution in [-0.4, -0.2) is 4.98 Å². The van der Waals surface area contributed by atoms with Crippen molar-refractivity contribution < 1.29 is 0 Å². The number of pyridine rings is 1. The number of hydrogen-bond donors (Lipinski definition) is 0. The van der Waals surface area contributed by atoms with Gasteiger partial charge in [0, 0.05) is 27.2 Å². The molecule has 0 saturated carbocycles. The first-order chi connectivity index (χ1) is 12.4. The van der Waals surface area contributed by atoms with Crippen LogP contribution in [0.15, 0.2) is 54.6 Å². The van der Waals surface area contributed by atoms with Crippen molar-refractivity contribution in [3.63, 3.8) is 0 Å². The van der Waals surface area contributed by atoms with E-state index in [1.165, 1.54) is 44.2 Å². The first kappa shape index (κ1) is 14.5. The van der Waals surface area contributed by atoms with Crippen LogP contribution < -0.4 is 0 Å². The molecule has 0 amide bonds. The average molecular weight is 335 g/mol. The molecule has 3 aromatic carbocycles. The zero-order valence-electron chi connectivity index (χ0n) is 15.6. The molecular formula is C25H21N. The summed E-state index contributed by atoms with van der Waals surface area (Å²) in [6.07, 6.45) is 0. The minimum absolute atomic E-state index is 0.0183. The molecule has 0 saturated heterocycles. The van der Waals surface area contributed by atoms with Crippen LogP contribution in [0.3, 0.4) is 0 Å². The Kier molecular flexibility index (Phi) is 2.33. The molecule has 0 fully saturated rings. The fraction of sp³-hybridized carbons (Fsp3) is 0.240. The van der Waals surface area contributed by atoms with E-state index in [0.29, 0.717) is 0 Å². The van der Waals surface area contributed by atoms with Crippen molar-refractivity contribution in [1.82, 2.24) is 4.98 Å². The van der Waals surface area contributed by atoms with Crippen molar-refractivity contribution in [2.75, 3.05) is 0 Å². The van der Waals surface area contributed by atoms with Gasteiger partial charge >= 0.3 is 0 Å². The van der Waals surface area contributed by atoms with Crippen molar-refractivity contribution in [1.29, 1.82) is 0 Å². The summed E-state index contributed by atoms with van der Waals surface area (Å²) in [5.41, 5.74) is 10.8. The molecular weight excluding hydrogens is 314 g/mol. The highest BCUT2D eigenvalue weighted by atomic mass is 14.7. The Morgan fingerprint density at radius 3 is 1.46 bits per heavy atom. The minimum Gasteiger partial charge on any atom is -0.248 e. The summed E-state index contributed by atoms with van der Waals surface area (Å²) in [6, 6.07) is 20.2. The normalized spacial score (nSPS) is 17.8. The molecule has 0 radical (unpaired) electrons. The molecule has 1 nitrogen and oxygen atoms in total. The molecule has 0 unspecified atom stereocenters. The SMILES string of the molecule is CC1(C)c2cccc3c2-c2c4c1cccc4nc1cccc(c21)C3(C)C. The third-order valence-corrected chi connectivity index (χ3v) is 6.83. The van der Waals surface area contributed by atoms with Gasteiger partial charge in [0.2, 0.25) is 0 Å². The summed E-state index contributed by atoms with van der Waals surface area (Å²) in [4.78, 5) is 5.08. The molecule has 26 heavy (non-hydrogen) atoms. The van der Waals surface area contributed by atoms with Crippen molar-refractivity contribution in [3.8, 4) is 11.1 Å². The van der Waals surface area contributed by atoms with E-state index in [-0.39, 0.29) is 10.8 Å². The van der Waals surface area contributed by atoms with E-state index in [9.17, 15) is 0 Å². The number of benzene rings is 3. The van der Waals surface area contributed by atoms with Crippen LogP contribution in [0.4, 0.5) is 0 Å². The Hall–Kier alpha value is -2.67. The topological polar surface area (TPSA) is 12.9 Å². The third kappa shape index (κ3) is 1.40. The van der Waals surface area contributed by atoms with Gasteiger partial charge in [-0.2, -0.15) is 0 Å². The number of rotatable bonds is 0. The highest BCUT2D eigenvalue weighted by Crippen LogP contribution is 2.57. The maximum absolute atomic E-state index is 5.08. The number of nitrogens with zero attached hydrogens (tertiary/aromatic N) is 1. The molecule has 0 spiro atoms. The zero-order chi connectivity index (χ0) is 17.8. The molecule has 1 heteroatoms. The summed E-state index contributed by atoms with van der Waals surface area (Å²) >= 11 is 0. The predicted molar refractivity (Wildman–Crippen MR) is 109 cm³/mol. The smallest absolute Gasteiger partial charge is 0.0719 e. The second-order valence-electron chi connectivity index (χ2n) is 8.86. The molecule has 6 rings (SSSR count). The quantitative estimate of drug-likeness (QED) is 0.342. The Bertz CT molecular complexity index is 1180. The second-order valence-corrected chi connectivity index (χ2v) is 8.86. The van der Waals surface area contributed by atoms with Crippen LogP contribution in [0.5, 0.6) is 0 Å². The van der Waals surface area contributed by atoms with Crippen LogP contribution in [0, 0.1) is 0 Å². The summed E-state index contributed by atoms with van der Waals surface area (Å²) in [7, 11) is 0. The summed E-state index contributed by atoms with van der Waals surface area (Å²) in [5.74, 6) is 0. The van der Waals surface area contributed by atoms with Crippen LogP contribution in [0.25, 0.3) is 32.9 Å². The Morgan fingerprint density at radius 2 is 0.962 bits per heavy atom. The lowest BCUT2D eigenvalue weighted by atomic mass is 9.61. The molecule has 4 aromatic rings. The molecule has 0 bridgehead atoms.